The van der Waals surface area contributed by atoms with Gasteiger partial charge in [-0.25, -0.2) is 0 Å². The Labute approximate surface area is 126 Å². The van der Waals surface area contributed by atoms with Crippen LogP contribution in [0.1, 0.15) is 19.4 Å². The van der Waals surface area contributed by atoms with Crippen molar-refractivity contribution in [1.29, 1.82) is 0 Å². The van der Waals surface area contributed by atoms with Crippen molar-refractivity contribution in [2.75, 3.05) is 11.4 Å². The van der Waals surface area contributed by atoms with E-state index in [2.05, 4.69) is 0 Å². The average molecular weight is 283 g/mol. The molecule has 1 atom stereocenters. The largest absolute Gasteiger partial charge is 0.481 e. The van der Waals surface area contributed by atoms with Crippen LogP contribution in [0.15, 0.2) is 54.6 Å². The Morgan fingerprint density at radius 3 is 2.33 bits per heavy atom. The molecule has 2 aromatic rings. The lowest BCUT2D eigenvalue weighted by Crippen LogP contribution is -2.40. The highest BCUT2D eigenvalue weighted by Gasteiger charge is 2.23. The summed E-state index contributed by atoms with van der Waals surface area (Å²) in [4.78, 5) is 14.4. The summed E-state index contributed by atoms with van der Waals surface area (Å²) in [6.45, 7) is 6.38. The smallest absolute Gasteiger partial charge is 0.267 e. The van der Waals surface area contributed by atoms with Crippen LogP contribution in [0.25, 0.3) is 0 Å². The molecule has 0 heterocycles. The summed E-state index contributed by atoms with van der Waals surface area (Å²) in [5.41, 5.74) is 2.02. The van der Waals surface area contributed by atoms with E-state index in [0.29, 0.717) is 12.3 Å². The third-order valence-corrected chi connectivity index (χ3v) is 3.39. The standard InChI is InChI=1S/C18H21NO2/c1-4-19(17-13-9-8-10-14(17)2)18(20)15(3)21-16-11-6-5-7-12-16/h5-13,15H,4H2,1-3H3/t15-/m1/s1. The number of carbonyl (C=O) groups is 1. The van der Waals surface area contributed by atoms with E-state index in [-0.39, 0.29) is 5.91 Å². The van der Waals surface area contributed by atoms with Crippen LogP contribution in [-0.4, -0.2) is 18.6 Å². The number of likely N-dealkylation sites (N-methyl/N-ethyl adjacent to an activating group) is 1. The quantitative estimate of drug-likeness (QED) is 0.835. The fourth-order valence-electron chi connectivity index (χ4n) is 2.28. The van der Waals surface area contributed by atoms with E-state index in [9.17, 15) is 4.79 Å². The maximum absolute atomic E-state index is 12.6. The zero-order chi connectivity index (χ0) is 15.2. The van der Waals surface area contributed by atoms with Gasteiger partial charge in [0, 0.05) is 12.2 Å². The fourth-order valence-corrected chi connectivity index (χ4v) is 2.28. The van der Waals surface area contributed by atoms with E-state index in [1.165, 1.54) is 0 Å². The number of para-hydroxylation sites is 2. The van der Waals surface area contributed by atoms with Gasteiger partial charge in [-0.2, -0.15) is 0 Å². The normalized spacial score (nSPS) is 11.8. The van der Waals surface area contributed by atoms with E-state index in [4.69, 9.17) is 4.74 Å². The Morgan fingerprint density at radius 1 is 1.10 bits per heavy atom. The first kappa shape index (κ1) is 15.1. The van der Waals surface area contributed by atoms with E-state index >= 15 is 0 Å². The summed E-state index contributed by atoms with van der Waals surface area (Å²) >= 11 is 0. The summed E-state index contributed by atoms with van der Waals surface area (Å²) in [5.74, 6) is 0.676. The number of benzene rings is 2. The molecule has 0 radical (unpaired) electrons. The van der Waals surface area contributed by atoms with Gasteiger partial charge in [-0.1, -0.05) is 36.4 Å². The number of anilines is 1. The lowest BCUT2D eigenvalue weighted by molar-refractivity contribution is -0.124. The van der Waals surface area contributed by atoms with Gasteiger partial charge >= 0.3 is 0 Å². The minimum Gasteiger partial charge on any atom is -0.481 e. The molecule has 0 aliphatic carbocycles. The van der Waals surface area contributed by atoms with Crippen LogP contribution in [-0.2, 0) is 4.79 Å². The minimum absolute atomic E-state index is 0.0318. The Hall–Kier alpha value is -2.29. The molecular formula is C18H21NO2. The number of nitrogens with zero attached hydrogens (tertiary/aromatic N) is 1. The van der Waals surface area contributed by atoms with Crippen LogP contribution in [0.2, 0.25) is 0 Å². The van der Waals surface area contributed by atoms with Crippen LogP contribution < -0.4 is 9.64 Å². The molecule has 1 amide bonds. The van der Waals surface area contributed by atoms with Gasteiger partial charge in [0.25, 0.3) is 5.91 Å². The highest BCUT2D eigenvalue weighted by atomic mass is 16.5. The van der Waals surface area contributed by atoms with Crippen molar-refractivity contribution in [3.8, 4) is 5.75 Å². The van der Waals surface area contributed by atoms with Gasteiger partial charge in [-0.3, -0.25) is 4.79 Å². The molecule has 0 aliphatic heterocycles. The van der Waals surface area contributed by atoms with E-state index < -0.39 is 6.10 Å². The summed E-state index contributed by atoms with van der Waals surface area (Å²) < 4.78 is 5.73. The van der Waals surface area contributed by atoms with E-state index in [1.807, 2.05) is 68.4 Å². The van der Waals surface area contributed by atoms with Crippen molar-refractivity contribution in [3.63, 3.8) is 0 Å². The third-order valence-electron chi connectivity index (χ3n) is 3.39. The van der Waals surface area contributed by atoms with Crippen molar-refractivity contribution in [3.05, 3.63) is 60.2 Å². The Bertz CT molecular complexity index is 595. The van der Waals surface area contributed by atoms with E-state index in [1.54, 1.807) is 11.8 Å². The first-order chi connectivity index (χ1) is 10.1. The molecular weight excluding hydrogens is 262 g/mol. The predicted octanol–water partition coefficient (Wildman–Crippen LogP) is 3.82. The lowest BCUT2D eigenvalue weighted by Gasteiger charge is -2.26. The Morgan fingerprint density at radius 2 is 1.71 bits per heavy atom. The zero-order valence-corrected chi connectivity index (χ0v) is 12.7. The number of aryl methyl sites for hydroxylation is 1. The van der Waals surface area contributed by atoms with Gasteiger partial charge < -0.3 is 9.64 Å². The van der Waals surface area contributed by atoms with Gasteiger partial charge in [0.2, 0.25) is 0 Å². The summed E-state index contributed by atoms with van der Waals surface area (Å²) in [7, 11) is 0. The molecule has 0 unspecified atom stereocenters. The molecule has 2 aromatic carbocycles. The van der Waals surface area contributed by atoms with Crippen LogP contribution >= 0.6 is 0 Å². The highest BCUT2D eigenvalue weighted by molar-refractivity contribution is 5.97. The van der Waals surface area contributed by atoms with Crippen molar-refractivity contribution >= 4 is 11.6 Å². The fraction of sp³-hybridized carbons (Fsp3) is 0.278. The highest BCUT2D eigenvalue weighted by Crippen LogP contribution is 2.21. The summed E-state index contributed by atoms with van der Waals surface area (Å²) in [6.07, 6.45) is -0.521. The van der Waals surface area contributed by atoms with Crippen LogP contribution in [0.3, 0.4) is 0 Å². The van der Waals surface area contributed by atoms with Gasteiger partial charge in [-0.05, 0) is 44.5 Å². The first-order valence-electron chi connectivity index (χ1n) is 7.22. The second-order valence-electron chi connectivity index (χ2n) is 4.94. The predicted molar refractivity (Wildman–Crippen MR) is 85.7 cm³/mol. The molecule has 0 saturated heterocycles. The Balaban J connectivity index is 2.15. The molecule has 0 aromatic heterocycles. The molecule has 0 saturated carbocycles. The number of ether oxygens (including phenoxy) is 1. The monoisotopic (exact) mass is 283 g/mol. The molecule has 21 heavy (non-hydrogen) atoms. The average Bonchev–Trinajstić information content (AvgIpc) is 2.50. The Kier molecular flexibility index (Phi) is 4.99. The van der Waals surface area contributed by atoms with Crippen molar-refractivity contribution < 1.29 is 9.53 Å². The molecule has 110 valence electrons. The van der Waals surface area contributed by atoms with Crippen LogP contribution in [0.4, 0.5) is 5.69 Å². The molecule has 0 aliphatic rings. The second kappa shape index (κ2) is 6.93. The number of carbonyl (C=O) groups excluding carboxylic acids is 1. The topological polar surface area (TPSA) is 29.5 Å². The van der Waals surface area contributed by atoms with Crippen molar-refractivity contribution in [2.24, 2.45) is 0 Å². The second-order valence-corrected chi connectivity index (χ2v) is 4.94. The van der Waals surface area contributed by atoms with Crippen molar-refractivity contribution in [1.82, 2.24) is 0 Å². The molecule has 0 fully saturated rings. The van der Waals surface area contributed by atoms with Gasteiger partial charge in [0.05, 0.1) is 0 Å². The van der Waals surface area contributed by atoms with Gasteiger partial charge in [-0.15, -0.1) is 0 Å². The third kappa shape index (κ3) is 3.63. The van der Waals surface area contributed by atoms with Gasteiger partial charge in [0.15, 0.2) is 6.10 Å². The molecule has 0 N–H and O–H groups in total. The van der Waals surface area contributed by atoms with Gasteiger partial charge in [0.1, 0.15) is 5.75 Å². The zero-order valence-electron chi connectivity index (χ0n) is 12.7. The number of amides is 1. The first-order valence-corrected chi connectivity index (χ1v) is 7.22. The molecule has 3 heteroatoms. The number of rotatable bonds is 5. The summed E-state index contributed by atoms with van der Waals surface area (Å²) in [6, 6.07) is 17.3. The summed E-state index contributed by atoms with van der Waals surface area (Å²) in [5, 5.41) is 0. The van der Waals surface area contributed by atoms with Crippen LogP contribution in [0.5, 0.6) is 5.75 Å². The molecule has 0 bridgehead atoms. The van der Waals surface area contributed by atoms with E-state index in [0.717, 1.165) is 11.3 Å². The minimum atomic E-state index is -0.521. The van der Waals surface area contributed by atoms with Crippen molar-refractivity contribution in [2.45, 2.75) is 26.9 Å². The number of hydrogen-bond acceptors (Lipinski definition) is 2. The van der Waals surface area contributed by atoms with Crippen LogP contribution in [0, 0.1) is 6.92 Å². The number of hydrogen-bond donors (Lipinski definition) is 0. The maximum atomic E-state index is 12.6. The molecule has 0 spiro atoms. The molecule has 2 rings (SSSR count). The maximum Gasteiger partial charge on any atom is 0.267 e. The SMILES string of the molecule is CCN(C(=O)[C@@H](C)Oc1ccccc1)c1ccccc1C. The lowest BCUT2D eigenvalue weighted by atomic mass is 10.1. The molecule has 3 nitrogen and oxygen atoms in total.